The van der Waals surface area contributed by atoms with E-state index < -0.39 is 0 Å². The van der Waals surface area contributed by atoms with E-state index in [0.717, 1.165) is 0 Å². The maximum Gasteiger partial charge on any atom is 0.272 e. The van der Waals surface area contributed by atoms with Crippen LogP contribution in [0.4, 0.5) is 0 Å². The Labute approximate surface area is 176 Å². The highest BCUT2D eigenvalue weighted by Crippen LogP contribution is 2.14. The van der Waals surface area contributed by atoms with Crippen molar-refractivity contribution in [1.82, 2.24) is 25.1 Å². The summed E-state index contributed by atoms with van der Waals surface area (Å²) in [6, 6.07) is 14.0. The van der Waals surface area contributed by atoms with Gasteiger partial charge >= 0.3 is 0 Å². The lowest BCUT2D eigenvalue weighted by atomic mass is 10.1. The van der Waals surface area contributed by atoms with Crippen LogP contribution in [0, 0.1) is 0 Å². The molecule has 31 heavy (non-hydrogen) atoms. The zero-order valence-corrected chi connectivity index (χ0v) is 16.9. The van der Waals surface area contributed by atoms with Gasteiger partial charge in [0.2, 0.25) is 5.91 Å². The molecule has 0 bridgehead atoms. The van der Waals surface area contributed by atoms with Crippen molar-refractivity contribution in [2.75, 3.05) is 20.3 Å². The molecule has 9 heteroatoms. The Hall–Kier alpha value is -3.85. The number of hydrogen-bond donors (Lipinski definition) is 2. The van der Waals surface area contributed by atoms with E-state index in [1.165, 1.54) is 0 Å². The third-order valence-corrected chi connectivity index (χ3v) is 5.01. The van der Waals surface area contributed by atoms with Crippen LogP contribution in [-0.2, 0) is 22.5 Å². The van der Waals surface area contributed by atoms with Gasteiger partial charge in [0.25, 0.3) is 11.1 Å². The number of carbonyl (C=O) groups excluding carboxylic acids is 1. The Bertz CT molecular complexity index is 1360. The number of hydrogen-bond acceptors (Lipinski definition) is 6. The summed E-state index contributed by atoms with van der Waals surface area (Å²) >= 11 is 0. The second-order valence-electron chi connectivity index (χ2n) is 7.06. The highest BCUT2D eigenvalue weighted by Gasteiger charge is 2.19. The first-order valence-corrected chi connectivity index (χ1v) is 9.78. The largest absolute Gasteiger partial charge is 0.383 e. The van der Waals surface area contributed by atoms with Crippen LogP contribution in [0.3, 0.4) is 0 Å². The van der Waals surface area contributed by atoms with Crippen LogP contribution in [-0.4, -0.2) is 51.2 Å². The van der Waals surface area contributed by atoms with Crippen molar-refractivity contribution >= 4 is 27.6 Å². The molecule has 0 saturated carbocycles. The van der Waals surface area contributed by atoms with Crippen LogP contribution in [0.5, 0.6) is 0 Å². The molecule has 2 heterocycles. The topological polar surface area (TPSA) is 121 Å². The fourth-order valence-electron chi connectivity index (χ4n) is 3.45. The van der Waals surface area contributed by atoms with Gasteiger partial charge in [0, 0.05) is 19.0 Å². The second kappa shape index (κ2) is 8.88. The standard InChI is InChI=1S/C22H21N5O4/c1-31-11-10-27(13-19-23-17-9-5-4-8-16(17)21(29)24-19)20(28)12-18-14-6-2-3-7-15(14)22(30)26-25-18/h2-9H,10-13H2,1H3,(H,26,30)(H,23,24,29). The normalized spacial score (nSPS) is 11.1. The minimum Gasteiger partial charge on any atom is -0.383 e. The van der Waals surface area contributed by atoms with E-state index in [1.54, 1.807) is 60.5 Å². The van der Waals surface area contributed by atoms with E-state index in [2.05, 4.69) is 20.2 Å². The molecule has 9 nitrogen and oxygen atoms in total. The third kappa shape index (κ3) is 4.36. The maximum atomic E-state index is 13.1. The molecule has 2 aromatic heterocycles. The predicted molar refractivity (Wildman–Crippen MR) is 116 cm³/mol. The van der Waals surface area contributed by atoms with Crippen molar-refractivity contribution in [3.63, 3.8) is 0 Å². The minimum atomic E-state index is -0.305. The van der Waals surface area contributed by atoms with Crippen LogP contribution in [0.25, 0.3) is 21.7 Å². The van der Waals surface area contributed by atoms with Crippen molar-refractivity contribution in [2.24, 2.45) is 0 Å². The monoisotopic (exact) mass is 419 g/mol. The Kier molecular flexibility index (Phi) is 5.85. The van der Waals surface area contributed by atoms with Crippen LogP contribution in [0.2, 0.25) is 0 Å². The molecule has 0 spiro atoms. The Morgan fingerprint density at radius 1 is 1.00 bits per heavy atom. The summed E-state index contributed by atoms with van der Waals surface area (Å²) in [6.45, 7) is 0.750. The van der Waals surface area contributed by atoms with Crippen LogP contribution in [0.15, 0.2) is 58.1 Å². The first-order chi connectivity index (χ1) is 15.1. The number of aromatic nitrogens is 4. The van der Waals surface area contributed by atoms with Crippen molar-refractivity contribution in [2.45, 2.75) is 13.0 Å². The van der Waals surface area contributed by atoms with E-state index >= 15 is 0 Å². The smallest absolute Gasteiger partial charge is 0.272 e. The summed E-state index contributed by atoms with van der Waals surface area (Å²) in [7, 11) is 1.55. The van der Waals surface area contributed by atoms with Gasteiger partial charge in [-0.1, -0.05) is 30.3 Å². The number of aromatic amines is 2. The molecule has 2 aromatic carbocycles. The summed E-state index contributed by atoms with van der Waals surface area (Å²) in [6.07, 6.45) is -0.0151. The van der Waals surface area contributed by atoms with Crippen LogP contribution < -0.4 is 11.1 Å². The molecule has 0 aliphatic rings. The number of nitrogens with one attached hydrogen (secondary N) is 2. The number of benzene rings is 2. The van der Waals surface area contributed by atoms with Gasteiger partial charge in [-0.2, -0.15) is 5.10 Å². The zero-order valence-electron chi connectivity index (χ0n) is 16.9. The fourth-order valence-corrected chi connectivity index (χ4v) is 3.45. The number of carbonyl (C=O) groups is 1. The highest BCUT2D eigenvalue weighted by molar-refractivity contribution is 5.88. The average molecular weight is 419 g/mol. The molecule has 4 rings (SSSR count). The number of nitrogens with zero attached hydrogens (tertiary/aromatic N) is 3. The number of H-pyrrole nitrogens is 2. The molecule has 0 saturated heterocycles. The first-order valence-electron chi connectivity index (χ1n) is 9.78. The average Bonchev–Trinajstić information content (AvgIpc) is 2.78. The summed E-state index contributed by atoms with van der Waals surface area (Å²) < 4.78 is 5.14. The van der Waals surface area contributed by atoms with Crippen LogP contribution >= 0.6 is 0 Å². The van der Waals surface area contributed by atoms with E-state index in [-0.39, 0.29) is 30.0 Å². The van der Waals surface area contributed by atoms with Crippen LogP contribution in [0.1, 0.15) is 11.5 Å². The van der Waals surface area contributed by atoms with Gasteiger partial charge in [-0.15, -0.1) is 0 Å². The lowest BCUT2D eigenvalue weighted by molar-refractivity contribution is -0.131. The number of amides is 1. The van der Waals surface area contributed by atoms with Gasteiger partial charge in [-0.05, 0) is 18.2 Å². The van der Waals surface area contributed by atoms with E-state index in [4.69, 9.17) is 4.74 Å². The molecule has 2 N–H and O–H groups in total. The van der Waals surface area contributed by atoms with Gasteiger partial charge in [-0.25, -0.2) is 10.1 Å². The molecular formula is C22H21N5O4. The molecule has 0 aliphatic carbocycles. The van der Waals surface area contributed by atoms with Crippen molar-refractivity contribution < 1.29 is 9.53 Å². The van der Waals surface area contributed by atoms with Crippen molar-refractivity contribution in [3.8, 4) is 0 Å². The van der Waals surface area contributed by atoms with Gasteiger partial charge in [-0.3, -0.25) is 14.4 Å². The Morgan fingerprint density at radius 3 is 2.48 bits per heavy atom. The number of methoxy groups -OCH3 is 1. The number of para-hydroxylation sites is 1. The SMILES string of the molecule is COCCN(Cc1nc2ccccc2c(=O)[nH]1)C(=O)Cc1n[nH]c(=O)c2ccccc12. The lowest BCUT2D eigenvalue weighted by Gasteiger charge is -2.22. The number of ether oxygens (including phenoxy) is 1. The van der Waals surface area contributed by atoms with E-state index in [1.807, 2.05) is 0 Å². The molecule has 0 unspecified atom stereocenters. The molecule has 0 radical (unpaired) electrons. The van der Waals surface area contributed by atoms with E-state index in [0.29, 0.717) is 46.3 Å². The summed E-state index contributed by atoms with van der Waals surface area (Å²) in [5.41, 5.74) is 0.477. The van der Waals surface area contributed by atoms with Crippen molar-refractivity contribution in [3.05, 3.63) is 80.8 Å². The summed E-state index contributed by atoms with van der Waals surface area (Å²) in [4.78, 5) is 46.3. The Balaban J connectivity index is 1.63. The number of rotatable bonds is 7. The van der Waals surface area contributed by atoms with Gasteiger partial charge in [0.05, 0.1) is 41.6 Å². The van der Waals surface area contributed by atoms with Gasteiger partial charge < -0.3 is 14.6 Å². The quantitative estimate of drug-likeness (QED) is 0.467. The molecule has 4 aromatic rings. The molecule has 0 fully saturated rings. The fraction of sp³-hybridized carbons (Fsp3) is 0.227. The highest BCUT2D eigenvalue weighted by atomic mass is 16.5. The van der Waals surface area contributed by atoms with Crippen molar-refractivity contribution in [1.29, 1.82) is 0 Å². The first kappa shape index (κ1) is 20.4. The lowest BCUT2D eigenvalue weighted by Crippen LogP contribution is -2.36. The third-order valence-electron chi connectivity index (χ3n) is 5.01. The molecule has 0 atom stereocenters. The molecular weight excluding hydrogens is 398 g/mol. The molecule has 1 amide bonds. The van der Waals surface area contributed by atoms with Gasteiger partial charge in [0.1, 0.15) is 5.82 Å². The van der Waals surface area contributed by atoms with E-state index in [9.17, 15) is 14.4 Å². The summed E-state index contributed by atoms with van der Waals surface area (Å²) in [5.74, 6) is 0.157. The minimum absolute atomic E-state index is 0.0151. The van der Waals surface area contributed by atoms with Gasteiger partial charge in [0.15, 0.2) is 0 Å². The Morgan fingerprint density at radius 2 is 1.71 bits per heavy atom. The predicted octanol–water partition coefficient (Wildman–Crippen LogP) is 1.38. The summed E-state index contributed by atoms with van der Waals surface area (Å²) in [5, 5.41) is 8.12. The maximum absolute atomic E-state index is 13.1. The molecule has 0 aliphatic heterocycles. The number of fused-ring (bicyclic) bond motifs is 2. The zero-order chi connectivity index (χ0) is 21.8. The second-order valence-corrected chi connectivity index (χ2v) is 7.06. The molecule has 158 valence electrons.